The Bertz CT molecular complexity index is 4360. The molecule has 72 heavy (non-hydrogen) atoms. The molecule has 0 aliphatic heterocycles. The number of benzene rings is 13. The van der Waals surface area contributed by atoms with Crippen molar-refractivity contribution in [1.29, 1.82) is 0 Å². The first-order chi connectivity index (χ1) is 35.7. The lowest BCUT2D eigenvalue weighted by Gasteiger charge is -2.26. The molecule has 14 aromatic rings. The highest BCUT2D eigenvalue weighted by Gasteiger charge is 2.19. The average Bonchev–Trinajstić information content (AvgIpc) is 3.81. The Kier molecular flexibility index (Phi) is 9.89. The van der Waals surface area contributed by atoms with E-state index in [0.29, 0.717) is 0 Å². The standard InChI is InChI=1S/C70H46N2/c1-3-14-47(15-4-1)49-28-35-58(36-29-49)71(59-37-30-50(31-38-59)55-27-26-53-33-39-64-62-22-9-7-18-51(62)32-40-65(64)67(53)46-55)60-21-13-20-54(43-60)57-42-56(48-16-5-2-6-17-48)44-61(45-57)72-68-25-12-11-24-66(68)70-63-23-10-8-19-52(63)34-41-69(70)72/h1-46H. The predicted octanol–water partition coefficient (Wildman–Crippen LogP) is 19.5. The molecule has 0 amide bonds. The van der Waals surface area contributed by atoms with Crippen LogP contribution in [0.1, 0.15) is 0 Å². The highest BCUT2D eigenvalue weighted by Crippen LogP contribution is 2.42. The molecular weight excluding hydrogens is 869 g/mol. The molecule has 0 aliphatic carbocycles. The van der Waals surface area contributed by atoms with Gasteiger partial charge in [-0.1, -0.05) is 206 Å². The van der Waals surface area contributed by atoms with Gasteiger partial charge in [0.25, 0.3) is 0 Å². The van der Waals surface area contributed by atoms with E-state index in [2.05, 4.69) is 289 Å². The van der Waals surface area contributed by atoms with Crippen LogP contribution in [0.15, 0.2) is 279 Å². The van der Waals surface area contributed by atoms with Crippen LogP contribution < -0.4 is 4.90 Å². The van der Waals surface area contributed by atoms with Gasteiger partial charge >= 0.3 is 0 Å². The predicted molar refractivity (Wildman–Crippen MR) is 307 cm³/mol. The van der Waals surface area contributed by atoms with Crippen molar-refractivity contribution in [2.45, 2.75) is 0 Å². The van der Waals surface area contributed by atoms with Gasteiger partial charge in [0.1, 0.15) is 0 Å². The third kappa shape index (κ3) is 7.12. The number of nitrogens with zero attached hydrogens (tertiary/aromatic N) is 2. The van der Waals surface area contributed by atoms with Gasteiger partial charge in [0.15, 0.2) is 0 Å². The van der Waals surface area contributed by atoms with Gasteiger partial charge in [0.2, 0.25) is 0 Å². The highest BCUT2D eigenvalue weighted by atomic mass is 15.1. The van der Waals surface area contributed by atoms with Crippen LogP contribution in [0.3, 0.4) is 0 Å². The first-order valence-corrected chi connectivity index (χ1v) is 24.8. The number of hydrogen-bond acceptors (Lipinski definition) is 1. The third-order valence-corrected chi connectivity index (χ3v) is 14.7. The number of hydrogen-bond donors (Lipinski definition) is 0. The van der Waals surface area contributed by atoms with Gasteiger partial charge in [-0.2, -0.15) is 0 Å². The SMILES string of the molecule is c1ccc(-c2ccc(N(c3ccc(-c4ccc5ccc6c7ccccc7ccc6c5c4)cc3)c3cccc(-c4cc(-c5ccccc5)cc(-n5c6ccccc6c6c7ccccc7ccc65)c4)c3)cc2)cc1. The summed E-state index contributed by atoms with van der Waals surface area (Å²) in [6.45, 7) is 0. The molecule has 336 valence electrons. The summed E-state index contributed by atoms with van der Waals surface area (Å²) in [5, 5.41) is 12.7. The minimum Gasteiger partial charge on any atom is -0.310 e. The zero-order valence-corrected chi connectivity index (χ0v) is 39.5. The summed E-state index contributed by atoms with van der Waals surface area (Å²) >= 11 is 0. The van der Waals surface area contributed by atoms with E-state index in [1.54, 1.807) is 0 Å². The van der Waals surface area contributed by atoms with Crippen LogP contribution in [0, 0.1) is 0 Å². The van der Waals surface area contributed by atoms with E-state index in [-0.39, 0.29) is 0 Å². The Morgan fingerprint density at radius 1 is 0.222 bits per heavy atom. The van der Waals surface area contributed by atoms with Crippen molar-refractivity contribution >= 4 is 82.0 Å². The second kappa shape index (κ2) is 17.2. The van der Waals surface area contributed by atoms with Gasteiger partial charge in [-0.15, -0.1) is 0 Å². The molecule has 0 aliphatic rings. The first kappa shape index (κ1) is 41.5. The zero-order chi connectivity index (χ0) is 47.5. The third-order valence-electron chi connectivity index (χ3n) is 14.7. The fourth-order valence-corrected chi connectivity index (χ4v) is 11.2. The summed E-state index contributed by atoms with van der Waals surface area (Å²) in [5.74, 6) is 0. The smallest absolute Gasteiger partial charge is 0.0547 e. The lowest BCUT2D eigenvalue weighted by Crippen LogP contribution is -2.10. The van der Waals surface area contributed by atoms with Crippen molar-refractivity contribution < 1.29 is 0 Å². The van der Waals surface area contributed by atoms with E-state index in [1.165, 1.54) is 98.3 Å². The summed E-state index contributed by atoms with van der Waals surface area (Å²) < 4.78 is 2.46. The van der Waals surface area contributed by atoms with Crippen molar-refractivity contribution in [2.24, 2.45) is 0 Å². The van der Waals surface area contributed by atoms with Crippen molar-refractivity contribution in [3.05, 3.63) is 279 Å². The minimum absolute atomic E-state index is 1.08. The molecule has 1 aromatic heterocycles. The molecule has 1 heterocycles. The molecule has 2 nitrogen and oxygen atoms in total. The summed E-state index contributed by atoms with van der Waals surface area (Å²) in [5.41, 5.74) is 16.1. The van der Waals surface area contributed by atoms with E-state index in [4.69, 9.17) is 0 Å². The number of aromatic nitrogens is 1. The molecule has 0 saturated heterocycles. The lowest BCUT2D eigenvalue weighted by molar-refractivity contribution is 1.18. The maximum absolute atomic E-state index is 2.46. The Labute approximate surface area is 418 Å². The fourth-order valence-electron chi connectivity index (χ4n) is 11.2. The van der Waals surface area contributed by atoms with Crippen molar-refractivity contribution in [1.82, 2.24) is 4.57 Å². The van der Waals surface area contributed by atoms with Gasteiger partial charge < -0.3 is 9.47 Å². The second-order valence-corrected chi connectivity index (χ2v) is 18.9. The van der Waals surface area contributed by atoms with Crippen LogP contribution in [0.4, 0.5) is 17.1 Å². The van der Waals surface area contributed by atoms with Gasteiger partial charge in [-0.05, 0) is 160 Å². The Morgan fingerprint density at radius 3 is 1.40 bits per heavy atom. The first-order valence-electron chi connectivity index (χ1n) is 24.8. The largest absolute Gasteiger partial charge is 0.310 e. The minimum atomic E-state index is 1.08. The monoisotopic (exact) mass is 914 g/mol. The van der Waals surface area contributed by atoms with E-state index in [9.17, 15) is 0 Å². The molecule has 2 heteroatoms. The van der Waals surface area contributed by atoms with E-state index < -0.39 is 0 Å². The van der Waals surface area contributed by atoms with Crippen molar-refractivity contribution in [2.75, 3.05) is 4.90 Å². The molecule has 0 saturated carbocycles. The maximum Gasteiger partial charge on any atom is 0.0547 e. The second-order valence-electron chi connectivity index (χ2n) is 18.9. The molecule has 0 unspecified atom stereocenters. The zero-order valence-electron chi connectivity index (χ0n) is 39.5. The number of rotatable bonds is 8. The molecule has 0 fully saturated rings. The molecule has 13 aromatic carbocycles. The normalized spacial score (nSPS) is 11.6. The van der Waals surface area contributed by atoms with Crippen LogP contribution >= 0.6 is 0 Å². The number of anilines is 3. The lowest BCUT2D eigenvalue weighted by atomic mass is 9.94. The molecule has 0 atom stereocenters. The van der Waals surface area contributed by atoms with Crippen LogP contribution in [-0.4, -0.2) is 4.57 Å². The fraction of sp³-hybridized carbons (Fsp3) is 0. The van der Waals surface area contributed by atoms with E-state index >= 15 is 0 Å². The van der Waals surface area contributed by atoms with E-state index in [0.717, 1.165) is 33.9 Å². The quantitative estimate of drug-likeness (QED) is 0.138. The van der Waals surface area contributed by atoms with Crippen molar-refractivity contribution in [3.8, 4) is 50.2 Å². The summed E-state index contributed by atoms with van der Waals surface area (Å²) in [4.78, 5) is 2.39. The van der Waals surface area contributed by atoms with Gasteiger partial charge in [0.05, 0.1) is 11.0 Å². The van der Waals surface area contributed by atoms with Crippen LogP contribution in [0.25, 0.3) is 115 Å². The molecule has 14 rings (SSSR count). The summed E-state index contributed by atoms with van der Waals surface area (Å²) in [6.07, 6.45) is 0. The molecule has 0 N–H and O–H groups in total. The highest BCUT2D eigenvalue weighted by molar-refractivity contribution is 6.21. The van der Waals surface area contributed by atoms with E-state index in [1.807, 2.05) is 0 Å². The van der Waals surface area contributed by atoms with Crippen LogP contribution in [-0.2, 0) is 0 Å². The van der Waals surface area contributed by atoms with Crippen LogP contribution in [0.5, 0.6) is 0 Å². The summed E-state index contributed by atoms with van der Waals surface area (Å²) in [6, 6.07) is 102. The topological polar surface area (TPSA) is 8.17 Å². The Morgan fingerprint density at radius 2 is 0.694 bits per heavy atom. The maximum atomic E-state index is 2.46. The number of fused-ring (bicyclic) bond motifs is 10. The molecule has 0 bridgehead atoms. The van der Waals surface area contributed by atoms with Gasteiger partial charge in [-0.25, -0.2) is 0 Å². The Hall–Kier alpha value is -9.50. The molecule has 0 spiro atoms. The molecule has 0 radical (unpaired) electrons. The van der Waals surface area contributed by atoms with Crippen LogP contribution in [0.2, 0.25) is 0 Å². The van der Waals surface area contributed by atoms with Gasteiger partial charge in [0, 0.05) is 33.5 Å². The molecular formula is C70H46N2. The Balaban J connectivity index is 0.905. The average molecular weight is 915 g/mol. The van der Waals surface area contributed by atoms with Crippen molar-refractivity contribution in [3.63, 3.8) is 0 Å². The van der Waals surface area contributed by atoms with Gasteiger partial charge in [-0.3, -0.25) is 0 Å². The number of para-hydroxylation sites is 1. The summed E-state index contributed by atoms with van der Waals surface area (Å²) in [7, 11) is 0.